The summed E-state index contributed by atoms with van der Waals surface area (Å²) in [4.78, 5) is 0.178. The molecule has 1 fully saturated rings. The van der Waals surface area contributed by atoms with Crippen molar-refractivity contribution in [1.29, 1.82) is 0 Å². The Kier molecular flexibility index (Phi) is 4.40. The lowest BCUT2D eigenvalue weighted by atomic mass is 10.1. The quantitative estimate of drug-likeness (QED) is 0.893. The molecule has 2 rings (SSSR count). The van der Waals surface area contributed by atoms with Crippen LogP contribution < -0.4 is 5.73 Å². The first kappa shape index (κ1) is 12.8. The fourth-order valence-corrected chi connectivity index (χ4v) is 3.45. The zero-order chi connectivity index (χ0) is 12.3. The van der Waals surface area contributed by atoms with Crippen LogP contribution in [0.15, 0.2) is 17.0 Å². The Morgan fingerprint density at radius 3 is 2.29 bits per heavy atom. The Morgan fingerprint density at radius 1 is 1.18 bits per heavy atom. The first-order chi connectivity index (χ1) is 8.20. The lowest BCUT2D eigenvalue weighted by Gasteiger charge is -2.11. The van der Waals surface area contributed by atoms with Gasteiger partial charge in [0.25, 0.3) is 0 Å². The van der Waals surface area contributed by atoms with Gasteiger partial charge >= 0.3 is 0 Å². The van der Waals surface area contributed by atoms with E-state index in [4.69, 9.17) is 5.73 Å². The molecule has 0 heterocycles. The van der Waals surface area contributed by atoms with E-state index in [1.54, 1.807) is 0 Å². The normalized spacial score (nSPS) is 16.6. The Bertz CT molecular complexity index is 366. The molecule has 0 unspecified atom stereocenters. The largest absolute Gasteiger partial charge is 0.330 e. The summed E-state index contributed by atoms with van der Waals surface area (Å²) >= 11 is 1.35. The maximum atomic E-state index is 13.8. The van der Waals surface area contributed by atoms with Gasteiger partial charge in [0.2, 0.25) is 0 Å². The molecule has 0 saturated heterocycles. The molecule has 0 spiro atoms. The third-order valence-corrected chi connectivity index (χ3v) is 4.51. The van der Waals surface area contributed by atoms with E-state index in [1.165, 1.54) is 36.7 Å². The van der Waals surface area contributed by atoms with Crippen molar-refractivity contribution in [2.75, 3.05) is 6.54 Å². The van der Waals surface area contributed by atoms with Crippen LogP contribution in [0.2, 0.25) is 0 Å². The minimum atomic E-state index is -0.439. The molecule has 0 aromatic heterocycles. The van der Waals surface area contributed by atoms with E-state index >= 15 is 0 Å². The summed E-state index contributed by atoms with van der Waals surface area (Å²) in [5, 5.41) is 0.374. The zero-order valence-electron chi connectivity index (χ0n) is 9.72. The first-order valence-corrected chi connectivity index (χ1v) is 6.93. The molecule has 17 heavy (non-hydrogen) atoms. The van der Waals surface area contributed by atoms with E-state index in [-0.39, 0.29) is 4.90 Å². The highest BCUT2D eigenvalue weighted by Crippen LogP contribution is 2.37. The summed E-state index contributed by atoms with van der Waals surface area (Å²) < 4.78 is 27.6. The Morgan fingerprint density at radius 2 is 1.76 bits per heavy atom. The topological polar surface area (TPSA) is 26.0 Å². The molecule has 1 nitrogen and oxygen atoms in total. The van der Waals surface area contributed by atoms with Crippen LogP contribution in [-0.2, 0) is 6.42 Å². The van der Waals surface area contributed by atoms with Gasteiger partial charge in [0.1, 0.15) is 11.6 Å². The van der Waals surface area contributed by atoms with Crippen LogP contribution in [0.5, 0.6) is 0 Å². The first-order valence-electron chi connectivity index (χ1n) is 6.05. The van der Waals surface area contributed by atoms with Crippen molar-refractivity contribution >= 4 is 11.8 Å². The van der Waals surface area contributed by atoms with E-state index in [0.29, 0.717) is 23.8 Å². The molecular formula is C13H17F2NS. The summed E-state index contributed by atoms with van der Waals surface area (Å²) in [6.07, 6.45) is 4.99. The second kappa shape index (κ2) is 5.83. The fourth-order valence-electron chi connectivity index (χ4n) is 2.21. The molecule has 1 aliphatic carbocycles. The molecule has 0 radical (unpaired) electrons. The van der Waals surface area contributed by atoms with Gasteiger partial charge < -0.3 is 5.73 Å². The molecular weight excluding hydrogens is 240 g/mol. The Hall–Kier alpha value is -0.610. The van der Waals surface area contributed by atoms with E-state index in [9.17, 15) is 8.78 Å². The van der Waals surface area contributed by atoms with E-state index in [0.717, 1.165) is 12.8 Å². The molecule has 0 amide bonds. The van der Waals surface area contributed by atoms with Gasteiger partial charge in [-0.2, -0.15) is 0 Å². The molecule has 2 N–H and O–H groups in total. The second-order valence-corrected chi connectivity index (χ2v) is 5.76. The van der Waals surface area contributed by atoms with Gasteiger partial charge in [-0.1, -0.05) is 12.8 Å². The summed E-state index contributed by atoms with van der Waals surface area (Å²) in [5.74, 6) is -0.879. The molecule has 1 aromatic carbocycles. The molecule has 0 atom stereocenters. The van der Waals surface area contributed by atoms with Gasteiger partial charge in [0.15, 0.2) is 0 Å². The summed E-state index contributed by atoms with van der Waals surface area (Å²) in [5.41, 5.74) is 6.02. The molecule has 0 bridgehead atoms. The van der Waals surface area contributed by atoms with Crippen LogP contribution in [0.4, 0.5) is 8.78 Å². The molecule has 0 aliphatic heterocycles. The average Bonchev–Trinajstić information content (AvgIpc) is 2.76. The van der Waals surface area contributed by atoms with Crippen LogP contribution in [0, 0.1) is 11.6 Å². The predicted octanol–water partition coefficient (Wildman–Crippen LogP) is 3.50. The summed E-state index contributed by atoms with van der Waals surface area (Å²) in [6.45, 7) is 0.411. The fraction of sp³-hybridized carbons (Fsp3) is 0.538. The highest BCUT2D eigenvalue weighted by molar-refractivity contribution is 8.00. The highest BCUT2D eigenvalue weighted by atomic mass is 32.2. The number of nitrogens with two attached hydrogens (primary N) is 1. The Labute approximate surface area is 105 Å². The van der Waals surface area contributed by atoms with Crippen LogP contribution in [-0.4, -0.2) is 11.8 Å². The van der Waals surface area contributed by atoms with E-state index < -0.39 is 11.6 Å². The number of benzene rings is 1. The zero-order valence-corrected chi connectivity index (χ0v) is 10.5. The lowest BCUT2D eigenvalue weighted by Crippen LogP contribution is -2.05. The van der Waals surface area contributed by atoms with Gasteiger partial charge in [-0.3, -0.25) is 0 Å². The van der Waals surface area contributed by atoms with E-state index in [2.05, 4.69) is 0 Å². The van der Waals surface area contributed by atoms with Gasteiger partial charge in [0.05, 0.1) is 4.90 Å². The third kappa shape index (κ3) is 3.19. The van der Waals surface area contributed by atoms with Crippen molar-refractivity contribution in [2.24, 2.45) is 5.73 Å². The average molecular weight is 257 g/mol. The SMILES string of the molecule is NCCc1cc(F)c(SC2CCCC2)c(F)c1. The number of halogens is 2. The van der Waals surface area contributed by atoms with Crippen molar-refractivity contribution in [1.82, 2.24) is 0 Å². The van der Waals surface area contributed by atoms with Crippen LogP contribution in [0.25, 0.3) is 0 Å². The molecule has 4 heteroatoms. The summed E-state index contributed by atoms with van der Waals surface area (Å²) in [7, 11) is 0. The van der Waals surface area contributed by atoms with Gasteiger partial charge in [-0.05, 0) is 43.5 Å². The highest BCUT2D eigenvalue weighted by Gasteiger charge is 2.20. The number of rotatable bonds is 4. The van der Waals surface area contributed by atoms with Crippen molar-refractivity contribution in [2.45, 2.75) is 42.2 Å². The van der Waals surface area contributed by atoms with Crippen molar-refractivity contribution in [3.8, 4) is 0 Å². The van der Waals surface area contributed by atoms with Gasteiger partial charge in [-0.25, -0.2) is 8.78 Å². The second-order valence-electron chi connectivity index (χ2n) is 4.45. The molecule has 94 valence electrons. The van der Waals surface area contributed by atoms with Crippen LogP contribution >= 0.6 is 11.8 Å². The maximum Gasteiger partial charge on any atom is 0.140 e. The van der Waals surface area contributed by atoms with Crippen LogP contribution in [0.3, 0.4) is 0 Å². The van der Waals surface area contributed by atoms with Crippen molar-refractivity contribution in [3.63, 3.8) is 0 Å². The van der Waals surface area contributed by atoms with Crippen LogP contribution in [0.1, 0.15) is 31.2 Å². The van der Waals surface area contributed by atoms with Crippen molar-refractivity contribution < 1.29 is 8.78 Å². The number of hydrogen-bond donors (Lipinski definition) is 1. The van der Waals surface area contributed by atoms with Crippen molar-refractivity contribution in [3.05, 3.63) is 29.3 Å². The Balaban J connectivity index is 2.15. The summed E-state index contributed by atoms with van der Waals surface area (Å²) in [6, 6.07) is 2.82. The number of thioether (sulfide) groups is 1. The maximum absolute atomic E-state index is 13.8. The predicted molar refractivity (Wildman–Crippen MR) is 67.2 cm³/mol. The molecule has 1 saturated carbocycles. The molecule has 1 aromatic rings. The smallest absolute Gasteiger partial charge is 0.140 e. The monoisotopic (exact) mass is 257 g/mol. The third-order valence-electron chi connectivity index (χ3n) is 3.08. The lowest BCUT2D eigenvalue weighted by molar-refractivity contribution is 0.536. The minimum Gasteiger partial charge on any atom is -0.330 e. The standard InChI is InChI=1S/C13H17F2NS/c14-11-7-9(5-6-16)8-12(15)13(11)17-10-3-1-2-4-10/h7-8,10H,1-6,16H2. The molecule has 1 aliphatic rings. The van der Waals surface area contributed by atoms with Gasteiger partial charge in [-0.15, -0.1) is 11.8 Å². The van der Waals surface area contributed by atoms with Gasteiger partial charge in [0, 0.05) is 5.25 Å². The number of hydrogen-bond acceptors (Lipinski definition) is 2. The minimum absolute atomic E-state index is 0.178. The van der Waals surface area contributed by atoms with E-state index in [1.807, 2.05) is 0 Å².